The number of likely N-dealkylation sites (tertiary alicyclic amines) is 1. The van der Waals surface area contributed by atoms with Crippen LogP contribution in [0.15, 0.2) is 36.4 Å². The summed E-state index contributed by atoms with van der Waals surface area (Å²) in [5, 5.41) is 2.88. The predicted octanol–water partition coefficient (Wildman–Crippen LogP) is 5.52. The van der Waals surface area contributed by atoms with E-state index in [0.29, 0.717) is 44.7 Å². The molecule has 6 rings (SSSR count). The van der Waals surface area contributed by atoms with Crippen LogP contribution in [0.25, 0.3) is 15.6 Å². The van der Waals surface area contributed by atoms with Gasteiger partial charge in [-0.05, 0) is 64.7 Å². The lowest BCUT2D eigenvalue weighted by molar-refractivity contribution is 0.0155. The molecule has 3 aliphatic heterocycles. The minimum Gasteiger partial charge on any atom is -0.463 e. The number of anilines is 2. The van der Waals surface area contributed by atoms with Crippen LogP contribution < -0.4 is 14.5 Å². The molecule has 1 amide bonds. The summed E-state index contributed by atoms with van der Waals surface area (Å²) in [6.45, 7) is 18.9. The molecule has 0 spiro atoms. The van der Waals surface area contributed by atoms with Crippen molar-refractivity contribution in [3.63, 3.8) is 0 Å². The van der Waals surface area contributed by atoms with Crippen molar-refractivity contribution in [1.29, 1.82) is 0 Å². The van der Waals surface area contributed by atoms with E-state index in [9.17, 15) is 4.79 Å². The van der Waals surface area contributed by atoms with E-state index in [2.05, 4.69) is 50.9 Å². The SMILES string of the molecule is [C-]#[N+]C[C@H]1CN(c2nc(OC[C@@H]3CCN(C)C3)nc3c2CCN(c2cccc4cccc(Cl)c24)C3)CCN1C(=O)OC(C)(C)C. The summed E-state index contributed by atoms with van der Waals surface area (Å²) in [5.41, 5.74) is 2.51. The van der Waals surface area contributed by atoms with E-state index < -0.39 is 5.60 Å². The summed E-state index contributed by atoms with van der Waals surface area (Å²) in [6.07, 6.45) is 1.46. The Morgan fingerprint density at radius 3 is 2.60 bits per heavy atom. The predicted molar refractivity (Wildman–Crippen MR) is 177 cm³/mol. The van der Waals surface area contributed by atoms with Crippen molar-refractivity contribution < 1.29 is 14.3 Å². The van der Waals surface area contributed by atoms with Crippen molar-refractivity contribution >= 4 is 40.0 Å². The Bertz CT molecular complexity index is 1600. The number of carbonyl (C=O) groups is 1. The Hall–Kier alpha value is -3.81. The molecule has 3 aliphatic rings. The zero-order valence-corrected chi connectivity index (χ0v) is 27.4. The van der Waals surface area contributed by atoms with Crippen LogP contribution in [0.1, 0.15) is 38.4 Å². The van der Waals surface area contributed by atoms with Crippen LogP contribution in [0.5, 0.6) is 6.01 Å². The third-order valence-electron chi connectivity index (χ3n) is 8.84. The van der Waals surface area contributed by atoms with E-state index in [1.807, 2.05) is 32.9 Å². The summed E-state index contributed by atoms with van der Waals surface area (Å²) in [5.74, 6) is 1.28. The van der Waals surface area contributed by atoms with Crippen LogP contribution in [0.4, 0.5) is 16.3 Å². The molecule has 1 aromatic heterocycles. The zero-order chi connectivity index (χ0) is 31.7. The van der Waals surface area contributed by atoms with Gasteiger partial charge in [0.2, 0.25) is 6.54 Å². The van der Waals surface area contributed by atoms with Gasteiger partial charge in [-0.2, -0.15) is 9.97 Å². The number of fused-ring (bicyclic) bond motifs is 2. The molecular weight excluding hydrogens is 590 g/mol. The molecule has 0 N–H and O–H groups in total. The number of rotatable bonds is 6. The monoisotopic (exact) mass is 631 g/mol. The minimum atomic E-state index is -0.608. The van der Waals surface area contributed by atoms with E-state index in [1.165, 1.54) is 0 Å². The first-order chi connectivity index (χ1) is 21.6. The maximum Gasteiger partial charge on any atom is 0.410 e. The number of nitrogens with zero attached hydrogens (tertiary/aromatic N) is 7. The van der Waals surface area contributed by atoms with E-state index in [0.717, 1.165) is 71.0 Å². The largest absolute Gasteiger partial charge is 0.463 e. The molecule has 4 heterocycles. The molecule has 2 fully saturated rings. The number of halogens is 1. The van der Waals surface area contributed by atoms with E-state index in [4.69, 9.17) is 37.6 Å². The Labute approximate surface area is 270 Å². The van der Waals surface area contributed by atoms with Crippen molar-refractivity contribution in [3.05, 3.63) is 64.1 Å². The standard InChI is InChI=1S/C34H42ClN7O3/c1-34(2,3)45-33(43)42-17-16-41(20-25(42)18-36-4)31-26-13-15-40(29-11-7-9-24-8-6-10-27(35)30(24)29)21-28(26)37-32(38-31)44-22-23-12-14-39(5)19-23/h6-11,23,25H,12-22H2,1-3,5H3/t23-,25+/m1/s1. The lowest BCUT2D eigenvalue weighted by atomic mass is 10.0. The fraction of sp³-hybridized carbons (Fsp3) is 0.529. The fourth-order valence-electron chi connectivity index (χ4n) is 6.68. The molecule has 0 saturated carbocycles. The lowest BCUT2D eigenvalue weighted by Crippen LogP contribution is -2.57. The number of benzene rings is 2. The van der Waals surface area contributed by atoms with Gasteiger partial charge >= 0.3 is 12.1 Å². The molecule has 2 atom stereocenters. The van der Waals surface area contributed by atoms with Crippen molar-refractivity contribution in [2.45, 2.75) is 51.8 Å². The second kappa shape index (κ2) is 12.9. The van der Waals surface area contributed by atoms with Gasteiger partial charge in [-0.25, -0.2) is 11.4 Å². The minimum absolute atomic E-state index is 0.192. The summed E-state index contributed by atoms with van der Waals surface area (Å²) in [6, 6.07) is 12.4. The normalized spacial score (nSPS) is 20.7. The highest BCUT2D eigenvalue weighted by Crippen LogP contribution is 2.37. The van der Waals surface area contributed by atoms with E-state index >= 15 is 0 Å². The molecule has 11 heteroatoms. The maximum atomic E-state index is 13.1. The van der Waals surface area contributed by atoms with Gasteiger partial charge < -0.3 is 29.0 Å². The van der Waals surface area contributed by atoms with E-state index in [-0.39, 0.29) is 18.7 Å². The quantitative estimate of drug-likeness (QED) is 0.329. The Morgan fingerprint density at radius 2 is 1.87 bits per heavy atom. The summed E-state index contributed by atoms with van der Waals surface area (Å²) in [7, 11) is 2.14. The van der Waals surface area contributed by atoms with Crippen LogP contribution in [-0.2, 0) is 17.7 Å². The van der Waals surface area contributed by atoms with Gasteiger partial charge in [0.25, 0.3) is 0 Å². The van der Waals surface area contributed by atoms with Crippen LogP contribution in [0.3, 0.4) is 0 Å². The number of aromatic nitrogens is 2. The first kappa shape index (κ1) is 31.2. The van der Waals surface area contributed by atoms with Crippen molar-refractivity contribution in [2.75, 3.05) is 69.3 Å². The molecule has 0 bridgehead atoms. The van der Waals surface area contributed by atoms with E-state index in [1.54, 1.807) is 4.90 Å². The number of ether oxygens (including phenoxy) is 2. The molecule has 0 radical (unpaired) electrons. The first-order valence-corrected chi connectivity index (χ1v) is 16.2. The molecular formula is C34H42ClN7O3. The van der Waals surface area contributed by atoms with Gasteiger partial charge in [-0.1, -0.05) is 35.9 Å². The molecule has 10 nitrogen and oxygen atoms in total. The average molecular weight is 632 g/mol. The van der Waals surface area contributed by atoms with Gasteiger partial charge in [0.1, 0.15) is 17.5 Å². The van der Waals surface area contributed by atoms with Gasteiger partial charge in [0.05, 0.1) is 23.9 Å². The Kier molecular flexibility index (Phi) is 8.94. The number of hydrogen-bond donors (Lipinski definition) is 0. The Morgan fingerprint density at radius 1 is 1.07 bits per heavy atom. The lowest BCUT2D eigenvalue weighted by Gasteiger charge is -2.41. The van der Waals surface area contributed by atoms with Crippen LogP contribution >= 0.6 is 11.6 Å². The second-order valence-electron chi connectivity index (χ2n) is 13.4. The average Bonchev–Trinajstić information content (AvgIpc) is 3.43. The number of piperazine rings is 1. The highest BCUT2D eigenvalue weighted by molar-refractivity contribution is 6.36. The van der Waals surface area contributed by atoms with Crippen LogP contribution in [0.2, 0.25) is 5.02 Å². The van der Waals surface area contributed by atoms with Gasteiger partial charge in [-0.15, -0.1) is 0 Å². The van der Waals surface area contributed by atoms with Gasteiger partial charge in [0.15, 0.2) is 0 Å². The third kappa shape index (κ3) is 6.90. The first-order valence-electron chi connectivity index (χ1n) is 15.8. The molecule has 238 valence electrons. The highest BCUT2D eigenvalue weighted by Gasteiger charge is 2.37. The maximum absolute atomic E-state index is 13.1. The Balaban J connectivity index is 1.31. The molecule has 0 unspecified atom stereocenters. The van der Waals surface area contributed by atoms with Crippen LogP contribution in [0, 0.1) is 12.5 Å². The zero-order valence-electron chi connectivity index (χ0n) is 26.6. The topological polar surface area (TPSA) is 78.6 Å². The summed E-state index contributed by atoms with van der Waals surface area (Å²) < 4.78 is 12.0. The number of amides is 1. The van der Waals surface area contributed by atoms with Gasteiger partial charge in [0, 0.05) is 55.3 Å². The number of hydrogen-bond acceptors (Lipinski definition) is 8. The van der Waals surface area contributed by atoms with Crippen LogP contribution in [-0.4, -0.2) is 97.0 Å². The number of carbonyl (C=O) groups excluding carboxylic acids is 1. The van der Waals surface area contributed by atoms with Gasteiger partial charge in [-0.3, -0.25) is 4.90 Å². The van der Waals surface area contributed by atoms with Crippen molar-refractivity contribution in [3.8, 4) is 6.01 Å². The second-order valence-corrected chi connectivity index (χ2v) is 13.8. The van der Waals surface area contributed by atoms with Crippen molar-refractivity contribution in [2.24, 2.45) is 5.92 Å². The van der Waals surface area contributed by atoms with Crippen molar-refractivity contribution in [1.82, 2.24) is 19.8 Å². The molecule has 0 aliphatic carbocycles. The summed E-state index contributed by atoms with van der Waals surface area (Å²) in [4.78, 5) is 35.3. The third-order valence-corrected chi connectivity index (χ3v) is 9.16. The molecule has 2 saturated heterocycles. The molecule has 45 heavy (non-hydrogen) atoms. The molecule has 2 aromatic carbocycles. The smallest absolute Gasteiger partial charge is 0.410 e. The fourth-order valence-corrected chi connectivity index (χ4v) is 6.96. The highest BCUT2D eigenvalue weighted by atomic mass is 35.5. The molecule has 3 aromatic rings. The summed E-state index contributed by atoms with van der Waals surface area (Å²) >= 11 is 6.72.